The minimum absolute atomic E-state index is 0.125. The van der Waals surface area contributed by atoms with Crippen molar-refractivity contribution in [3.63, 3.8) is 0 Å². The standard InChI is InChI=1S/C19H15N3O6/c1-2-28-19(25)15-10-20-16-8-5-12(9-14(16)17(15)23)21-18(24)11-3-6-13(7-4-11)22(26)27/h3-10H,2H2,1H3,(H,20,23)(H,21,24). The highest BCUT2D eigenvalue weighted by Crippen LogP contribution is 2.18. The van der Waals surface area contributed by atoms with E-state index in [2.05, 4.69) is 10.3 Å². The van der Waals surface area contributed by atoms with Crippen molar-refractivity contribution in [1.29, 1.82) is 0 Å². The van der Waals surface area contributed by atoms with Crippen LogP contribution in [0.5, 0.6) is 0 Å². The van der Waals surface area contributed by atoms with Gasteiger partial charge in [-0.1, -0.05) is 0 Å². The molecule has 0 saturated carbocycles. The number of nitrogens with one attached hydrogen (secondary N) is 2. The van der Waals surface area contributed by atoms with Gasteiger partial charge in [-0.3, -0.25) is 19.7 Å². The quantitative estimate of drug-likeness (QED) is 0.397. The van der Waals surface area contributed by atoms with Crippen molar-refractivity contribution >= 4 is 34.2 Å². The summed E-state index contributed by atoms with van der Waals surface area (Å²) in [5, 5.41) is 13.5. The number of esters is 1. The second-order valence-electron chi connectivity index (χ2n) is 5.77. The van der Waals surface area contributed by atoms with Crippen LogP contribution in [0.3, 0.4) is 0 Å². The van der Waals surface area contributed by atoms with Gasteiger partial charge in [0.2, 0.25) is 5.43 Å². The summed E-state index contributed by atoms with van der Waals surface area (Å²) in [6.45, 7) is 1.78. The van der Waals surface area contributed by atoms with Crippen molar-refractivity contribution in [2.45, 2.75) is 6.92 Å². The fraction of sp³-hybridized carbons (Fsp3) is 0.105. The smallest absolute Gasteiger partial charge is 0.343 e. The van der Waals surface area contributed by atoms with Crippen LogP contribution in [-0.4, -0.2) is 28.4 Å². The molecule has 0 fully saturated rings. The number of rotatable bonds is 5. The van der Waals surface area contributed by atoms with Crippen molar-refractivity contribution in [1.82, 2.24) is 4.98 Å². The Bertz CT molecular complexity index is 1130. The predicted molar refractivity (Wildman–Crippen MR) is 102 cm³/mol. The number of nitro groups is 1. The van der Waals surface area contributed by atoms with Gasteiger partial charge in [0.1, 0.15) is 5.56 Å². The Kier molecular flexibility index (Phi) is 5.16. The van der Waals surface area contributed by atoms with Gasteiger partial charge < -0.3 is 15.0 Å². The summed E-state index contributed by atoms with van der Waals surface area (Å²) in [6, 6.07) is 9.75. The van der Waals surface area contributed by atoms with Gasteiger partial charge in [0.15, 0.2) is 0 Å². The molecule has 0 saturated heterocycles. The Morgan fingerprint density at radius 2 is 1.89 bits per heavy atom. The largest absolute Gasteiger partial charge is 0.462 e. The molecule has 1 aromatic heterocycles. The predicted octanol–water partition coefficient (Wildman–Crippen LogP) is 2.87. The summed E-state index contributed by atoms with van der Waals surface area (Å²) in [5.74, 6) is -1.22. The van der Waals surface area contributed by atoms with Gasteiger partial charge in [-0.2, -0.15) is 0 Å². The zero-order valence-corrected chi connectivity index (χ0v) is 14.7. The van der Waals surface area contributed by atoms with Gasteiger partial charge in [-0.25, -0.2) is 4.79 Å². The van der Waals surface area contributed by atoms with Crippen molar-refractivity contribution in [3.05, 3.63) is 80.1 Å². The third-order valence-corrected chi connectivity index (χ3v) is 3.97. The Hall–Kier alpha value is -4.01. The molecule has 3 aromatic rings. The molecule has 9 nitrogen and oxygen atoms in total. The van der Waals surface area contributed by atoms with Crippen molar-refractivity contribution < 1.29 is 19.2 Å². The maximum Gasteiger partial charge on any atom is 0.343 e. The van der Waals surface area contributed by atoms with Crippen LogP contribution >= 0.6 is 0 Å². The first-order valence-corrected chi connectivity index (χ1v) is 8.29. The molecule has 0 aliphatic carbocycles. The lowest BCUT2D eigenvalue weighted by Gasteiger charge is -2.08. The maximum absolute atomic E-state index is 12.6. The molecule has 0 aliphatic heterocycles. The van der Waals surface area contributed by atoms with E-state index in [4.69, 9.17) is 4.74 Å². The Balaban J connectivity index is 1.90. The second kappa shape index (κ2) is 7.70. The molecule has 28 heavy (non-hydrogen) atoms. The molecule has 0 atom stereocenters. The van der Waals surface area contributed by atoms with E-state index in [9.17, 15) is 24.5 Å². The van der Waals surface area contributed by atoms with Crippen molar-refractivity contribution in [2.24, 2.45) is 0 Å². The van der Waals surface area contributed by atoms with Crippen LogP contribution < -0.4 is 10.7 Å². The molecular weight excluding hydrogens is 366 g/mol. The van der Waals surface area contributed by atoms with E-state index < -0.39 is 22.2 Å². The molecule has 0 radical (unpaired) electrons. The number of ether oxygens (including phenoxy) is 1. The van der Waals surface area contributed by atoms with Crippen LogP contribution in [0.15, 0.2) is 53.5 Å². The van der Waals surface area contributed by atoms with Crippen molar-refractivity contribution in [2.75, 3.05) is 11.9 Å². The summed E-state index contributed by atoms with van der Waals surface area (Å²) in [7, 11) is 0. The number of carbonyl (C=O) groups excluding carboxylic acids is 2. The van der Waals surface area contributed by atoms with Gasteiger partial charge in [-0.05, 0) is 37.3 Å². The number of benzene rings is 2. The van der Waals surface area contributed by atoms with Gasteiger partial charge >= 0.3 is 5.97 Å². The normalized spacial score (nSPS) is 10.5. The number of non-ortho nitro benzene ring substituents is 1. The average molecular weight is 381 g/mol. The minimum atomic E-state index is -0.731. The van der Waals surface area contributed by atoms with E-state index in [1.165, 1.54) is 36.5 Å². The molecule has 1 heterocycles. The fourth-order valence-corrected chi connectivity index (χ4v) is 2.59. The van der Waals surface area contributed by atoms with Crippen molar-refractivity contribution in [3.8, 4) is 0 Å². The summed E-state index contributed by atoms with van der Waals surface area (Å²) in [5.41, 5.74) is 0.278. The van der Waals surface area contributed by atoms with Gasteiger partial charge in [0, 0.05) is 40.5 Å². The molecule has 142 valence electrons. The monoisotopic (exact) mass is 381 g/mol. The van der Waals surface area contributed by atoms with Crippen LogP contribution in [0.1, 0.15) is 27.6 Å². The number of fused-ring (bicyclic) bond motifs is 1. The number of nitrogens with zero attached hydrogens (tertiary/aromatic N) is 1. The second-order valence-corrected chi connectivity index (χ2v) is 5.77. The van der Waals surface area contributed by atoms with Crippen LogP contribution in [0.2, 0.25) is 0 Å². The van der Waals surface area contributed by atoms with E-state index in [0.717, 1.165) is 0 Å². The molecule has 0 aliphatic rings. The summed E-state index contributed by atoms with van der Waals surface area (Å²) < 4.78 is 4.86. The lowest BCUT2D eigenvalue weighted by molar-refractivity contribution is -0.384. The van der Waals surface area contributed by atoms with Gasteiger partial charge in [0.25, 0.3) is 11.6 Å². The number of amides is 1. The minimum Gasteiger partial charge on any atom is -0.462 e. The molecule has 2 aromatic carbocycles. The first-order chi connectivity index (χ1) is 13.4. The van der Waals surface area contributed by atoms with E-state index in [-0.39, 0.29) is 28.8 Å². The highest BCUT2D eigenvalue weighted by atomic mass is 16.6. The third kappa shape index (κ3) is 3.73. The molecule has 1 amide bonds. The summed E-state index contributed by atoms with van der Waals surface area (Å²) in [6.07, 6.45) is 1.29. The molecule has 0 bridgehead atoms. The highest BCUT2D eigenvalue weighted by molar-refractivity contribution is 6.05. The van der Waals surface area contributed by atoms with Crippen LogP contribution in [0.4, 0.5) is 11.4 Å². The molecule has 9 heteroatoms. The lowest BCUT2D eigenvalue weighted by Crippen LogP contribution is -2.18. The number of pyridine rings is 1. The van der Waals surface area contributed by atoms with Crippen LogP contribution in [0, 0.1) is 10.1 Å². The lowest BCUT2D eigenvalue weighted by atomic mass is 10.1. The number of H-pyrrole nitrogens is 1. The number of carbonyl (C=O) groups is 2. The number of aromatic amines is 1. The summed E-state index contributed by atoms with van der Waals surface area (Å²) in [4.78, 5) is 49.7. The fourth-order valence-electron chi connectivity index (χ4n) is 2.59. The molecular formula is C19H15N3O6. The Morgan fingerprint density at radius 3 is 2.54 bits per heavy atom. The van der Waals surface area contributed by atoms with E-state index >= 15 is 0 Å². The SMILES string of the molecule is CCOC(=O)c1c[nH]c2ccc(NC(=O)c3ccc([N+](=O)[O-])cc3)cc2c1=O. The number of hydrogen-bond acceptors (Lipinski definition) is 6. The Morgan fingerprint density at radius 1 is 1.18 bits per heavy atom. The molecule has 3 rings (SSSR count). The van der Waals surface area contributed by atoms with E-state index in [1.807, 2.05) is 0 Å². The zero-order chi connectivity index (χ0) is 20.3. The van der Waals surface area contributed by atoms with Crippen LogP contribution in [-0.2, 0) is 4.74 Å². The number of nitro benzene ring substituents is 1. The molecule has 0 unspecified atom stereocenters. The molecule has 2 N–H and O–H groups in total. The molecule has 0 spiro atoms. The average Bonchev–Trinajstić information content (AvgIpc) is 2.69. The highest BCUT2D eigenvalue weighted by Gasteiger charge is 2.15. The Labute approximate surface area is 158 Å². The number of anilines is 1. The van der Waals surface area contributed by atoms with Crippen LogP contribution in [0.25, 0.3) is 10.9 Å². The first-order valence-electron chi connectivity index (χ1n) is 8.29. The summed E-state index contributed by atoms with van der Waals surface area (Å²) >= 11 is 0. The first kappa shape index (κ1) is 18.8. The number of hydrogen-bond donors (Lipinski definition) is 2. The van der Waals surface area contributed by atoms with Gasteiger partial charge in [-0.15, -0.1) is 0 Å². The topological polar surface area (TPSA) is 131 Å². The number of aromatic nitrogens is 1. The van der Waals surface area contributed by atoms with E-state index in [0.29, 0.717) is 11.2 Å². The maximum atomic E-state index is 12.6. The van der Waals surface area contributed by atoms with Gasteiger partial charge in [0.05, 0.1) is 11.5 Å². The van der Waals surface area contributed by atoms with E-state index in [1.54, 1.807) is 19.1 Å². The zero-order valence-electron chi connectivity index (χ0n) is 14.7. The third-order valence-electron chi connectivity index (χ3n) is 3.97.